The number of fused-ring (bicyclic) bond motifs is 1. The van der Waals surface area contributed by atoms with E-state index in [9.17, 15) is 29.6 Å². The normalized spacial score (nSPS) is 20.0. The minimum absolute atomic E-state index is 0.147. The molecule has 35 heavy (non-hydrogen) atoms. The standard InChI is InChI=1S/C19H16N6O8S2/c1-32-23-12(10-7-35-19(20)21-10)15(26)22-13-16(27)24-14(18(28)29)8(6-34-17(13)24)2-3-9-4-5-11(33-9)25(30)31/h2-5,7,13,17H,6H2,1H3,(H2,20,21)(H,22,26)(H,28,29)/t13?,17-/m0/s1. The van der Waals surface area contributed by atoms with Crippen molar-refractivity contribution in [2.45, 2.75) is 11.4 Å². The molecule has 16 heteroatoms. The van der Waals surface area contributed by atoms with Gasteiger partial charge in [0.2, 0.25) is 0 Å². The van der Waals surface area contributed by atoms with Crippen molar-refractivity contribution in [1.82, 2.24) is 15.2 Å². The number of allylic oxidation sites excluding steroid dienone is 1. The van der Waals surface area contributed by atoms with Crippen LogP contribution in [-0.4, -0.2) is 67.7 Å². The summed E-state index contributed by atoms with van der Waals surface area (Å²) >= 11 is 2.34. The lowest BCUT2D eigenvalue weighted by Gasteiger charge is -2.49. The third-order valence-corrected chi connectivity index (χ3v) is 6.87. The molecule has 4 N–H and O–H groups in total. The summed E-state index contributed by atoms with van der Waals surface area (Å²) in [7, 11) is 1.25. The highest BCUT2D eigenvalue weighted by molar-refractivity contribution is 8.00. The fourth-order valence-corrected chi connectivity index (χ4v) is 5.25. The Balaban J connectivity index is 1.52. The van der Waals surface area contributed by atoms with Crippen molar-refractivity contribution < 1.29 is 33.7 Å². The summed E-state index contributed by atoms with van der Waals surface area (Å²) in [6.07, 6.45) is 2.80. The van der Waals surface area contributed by atoms with Gasteiger partial charge in [-0.25, -0.2) is 9.78 Å². The number of thioether (sulfide) groups is 1. The summed E-state index contributed by atoms with van der Waals surface area (Å²) in [6.45, 7) is 0. The van der Waals surface area contributed by atoms with E-state index in [-0.39, 0.29) is 33.7 Å². The predicted molar refractivity (Wildman–Crippen MR) is 124 cm³/mol. The van der Waals surface area contributed by atoms with E-state index in [0.29, 0.717) is 5.57 Å². The molecule has 2 aromatic rings. The number of nitro groups is 1. The van der Waals surface area contributed by atoms with E-state index in [1.54, 1.807) is 0 Å². The number of hydrogen-bond acceptors (Lipinski definition) is 12. The minimum atomic E-state index is -1.34. The van der Waals surface area contributed by atoms with Gasteiger partial charge in [0, 0.05) is 11.1 Å². The van der Waals surface area contributed by atoms with Gasteiger partial charge in [0.25, 0.3) is 11.8 Å². The summed E-state index contributed by atoms with van der Waals surface area (Å²) < 4.78 is 5.03. The van der Waals surface area contributed by atoms with Crippen LogP contribution in [0.5, 0.6) is 0 Å². The molecule has 0 aromatic carbocycles. The van der Waals surface area contributed by atoms with Crippen LogP contribution in [0.3, 0.4) is 0 Å². The molecular weight excluding hydrogens is 504 g/mol. The number of carboxylic acid groups (broad SMARTS) is 1. The zero-order chi connectivity index (χ0) is 25.3. The number of thiazole rings is 1. The number of furan rings is 1. The van der Waals surface area contributed by atoms with Crippen LogP contribution in [-0.2, 0) is 19.2 Å². The smallest absolute Gasteiger partial charge is 0.433 e. The molecule has 1 saturated heterocycles. The van der Waals surface area contributed by atoms with Gasteiger partial charge in [0.1, 0.15) is 40.6 Å². The number of nitrogens with zero attached hydrogens (tertiary/aromatic N) is 4. The molecule has 2 aliphatic heterocycles. The third kappa shape index (κ3) is 4.60. The number of oxime groups is 1. The van der Waals surface area contributed by atoms with Gasteiger partial charge in [-0.15, -0.1) is 23.1 Å². The maximum absolute atomic E-state index is 12.8. The number of hydrogen-bond donors (Lipinski definition) is 3. The van der Waals surface area contributed by atoms with Gasteiger partial charge in [-0.1, -0.05) is 11.2 Å². The quantitative estimate of drug-likeness (QED) is 0.194. The first-order chi connectivity index (χ1) is 16.7. The lowest BCUT2D eigenvalue weighted by Crippen LogP contribution is -2.71. The molecule has 2 aliphatic rings. The molecule has 2 amide bonds. The number of amides is 2. The molecule has 0 radical (unpaired) electrons. The molecule has 0 aliphatic carbocycles. The fourth-order valence-electron chi connectivity index (χ4n) is 3.39. The van der Waals surface area contributed by atoms with Gasteiger partial charge in [-0.3, -0.25) is 24.6 Å². The molecule has 182 valence electrons. The van der Waals surface area contributed by atoms with E-state index in [2.05, 4.69) is 15.5 Å². The Labute approximate surface area is 204 Å². The molecule has 1 fully saturated rings. The highest BCUT2D eigenvalue weighted by Gasteiger charge is 2.54. The maximum atomic E-state index is 12.8. The van der Waals surface area contributed by atoms with Crippen molar-refractivity contribution in [3.8, 4) is 0 Å². The van der Waals surface area contributed by atoms with Crippen molar-refractivity contribution in [3.63, 3.8) is 0 Å². The van der Waals surface area contributed by atoms with E-state index in [4.69, 9.17) is 15.0 Å². The summed E-state index contributed by atoms with van der Waals surface area (Å²) in [5, 5.41) is 27.8. The molecule has 1 unspecified atom stereocenters. The minimum Gasteiger partial charge on any atom is -0.477 e. The zero-order valence-electron chi connectivity index (χ0n) is 17.7. The number of nitrogens with one attached hydrogen (secondary N) is 1. The number of β-lactam (4-membered cyclic amide) rings is 1. The highest BCUT2D eigenvalue weighted by Crippen LogP contribution is 2.41. The first-order valence-electron chi connectivity index (χ1n) is 9.68. The van der Waals surface area contributed by atoms with E-state index >= 15 is 0 Å². The van der Waals surface area contributed by atoms with Crippen molar-refractivity contribution in [1.29, 1.82) is 0 Å². The molecule has 0 spiro atoms. The average molecular weight is 521 g/mol. The molecule has 4 heterocycles. The van der Waals surface area contributed by atoms with Crippen LogP contribution in [0.4, 0.5) is 11.0 Å². The Hall–Kier alpha value is -4.18. The van der Waals surface area contributed by atoms with Crippen LogP contribution in [0.2, 0.25) is 0 Å². The van der Waals surface area contributed by atoms with Gasteiger partial charge in [0.15, 0.2) is 10.8 Å². The van der Waals surface area contributed by atoms with Gasteiger partial charge >= 0.3 is 11.9 Å². The first-order valence-corrected chi connectivity index (χ1v) is 11.6. The van der Waals surface area contributed by atoms with Crippen LogP contribution in [0.25, 0.3) is 6.08 Å². The number of aliphatic carboxylic acids is 1. The summed E-state index contributed by atoms with van der Waals surface area (Å²) in [5.74, 6) is -2.80. The fraction of sp³-hybridized carbons (Fsp3) is 0.211. The number of nitrogen functional groups attached to an aromatic ring is 1. The number of carboxylic acids is 1. The second-order valence-corrected chi connectivity index (χ2v) is 8.99. The molecule has 0 saturated carbocycles. The molecular formula is C19H16N6O8S2. The Kier molecular flexibility index (Phi) is 6.57. The van der Waals surface area contributed by atoms with Crippen molar-refractivity contribution in [2.75, 3.05) is 18.6 Å². The number of carbonyl (C=O) groups is 3. The predicted octanol–water partition coefficient (Wildman–Crippen LogP) is 1.03. The zero-order valence-corrected chi connectivity index (χ0v) is 19.4. The van der Waals surface area contributed by atoms with E-state index in [1.165, 1.54) is 48.5 Å². The lowest BCUT2D eigenvalue weighted by atomic mass is 10.0. The SMILES string of the molecule is CON=C(C(=O)NC1C(=O)N2C(C(=O)O)=C(C=Cc3ccc([N+](=O)[O-])o3)CS[C@@H]12)c1csc(N)n1. The van der Waals surface area contributed by atoms with Gasteiger partial charge in [-0.05, 0) is 17.7 Å². The van der Waals surface area contributed by atoms with Crippen LogP contribution < -0.4 is 11.1 Å². The van der Waals surface area contributed by atoms with Gasteiger partial charge < -0.3 is 25.4 Å². The third-order valence-electron chi connectivity index (χ3n) is 4.89. The van der Waals surface area contributed by atoms with Crippen LogP contribution in [0.15, 0.2) is 44.4 Å². The lowest BCUT2D eigenvalue weighted by molar-refractivity contribution is -0.402. The Morgan fingerprint density at radius 2 is 2.23 bits per heavy atom. The van der Waals surface area contributed by atoms with Crippen LogP contribution >= 0.6 is 23.1 Å². The van der Waals surface area contributed by atoms with E-state index in [0.717, 1.165) is 16.2 Å². The average Bonchev–Trinajstić information content (AvgIpc) is 3.47. The largest absolute Gasteiger partial charge is 0.477 e. The number of nitrogens with two attached hydrogens (primary N) is 1. The number of aromatic nitrogens is 1. The summed E-state index contributed by atoms with van der Waals surface area (Å²) in [5.41, 5.74) is 5.65. The highest BCUT2D eigenvalue weighted by atomic mass is 32.2. The van der Waals surface area contributed by atoms with Crippen LogP contribution in [0, 0.1) is 10.1 Å². The number of rotatable bonds is 8. The number of carbonyl (C=O) groups excluding carboxylic acids is 2. The Morgan fingerprint density at radius 3 is 2.83 bits per heavy atom. The first kappa shape index (κ1) is 24.0. The molecule has 0 bridgehead atoms. The second-order valence-electron chi connectivity index (χ2n) is 7.00. The van der Waals surface area contributed by atoms with Crippen molar-refractivity contribution in [3.05, 3.63) is 56.4 Å². The van der Waals surface area contributed by atoms with Crippen molar-refractivity contribution >= 4 is 63.7 Å². The molecule has 2 atom stereocenters. The van der Waals surface area contributed by atoms with E-state index in [1.807, 2.05) is 0 Å². The Morgan fingerprint density at radius 1 is 1.46 bits per heavy atom. The summed E-state index contributed by atoms with van der Waals surface area (Å²) in [6, 6.07) is 1.54. The monoisotopic (exact) mass is 520 g/mol. The van der Waals surface area contributed by atoms with E-state index < -0.39 is 40.0 Å². The second kappa shape index (κ2) is 9.59. The topological polar surface area (TPSA) is 203 Å². The van der Waals surface area contributed by atoms with Crippen molar-refractivity contribution in [2.24, 2.45) is 5.16 Å². The molecule has 4 rings (SSSR count). The summed E-state index contributed by atoms with van der Waals surface area (Å²) in [4.78, 5) is 57.4. The molecule has 2 aromatic heterocycles. The molecule has 14 nitrogen and oxygen atoms in total. The maximum Gasteiger partial charge on any atom is 0.433 e. The van der Waals surface area contributed by atoms with Gasteiger partial charge in [-0.2, -0.15) is 0 Å². The van der Waals surface area contributed by atoms with Crippen LogP contribution in [0.1, 0.15) is 11.5 Å². The Bertz CT molecular complexity index is 1310. The number of anilines is 1. The van der Waals surface area contributed by atoms with Gasteiger partial charge in [0.05, 0.1) is 6.07 Å².